The number of benzene rings is 1. The second-order valence-electron chi connectivity index (χ2n) is 4.74. The first kappa shape index (κ1) is 15.4. The van der Waals surface area contributed by atoms with Crippen molar-refractivity contribution < 1.29 is 4.42 Å². The van der Waals surface area contributed by atoms with Gasteiger partial charge in [0, 0.05) is 23.0 Å². The molecule has 0 fully saturated rings. The van der Waals surface area contributed by atoms with E-state index in [2.05, 4.69) is 19.8 Å². The maximum absolute atomic E-state index is 6.07. The quantitative estimate of drug-likeness (QED) is 0.484. The molecule has 24 heavy (non-hydrogen) atoms. The van der Waals surface area contributed by atoms with E-state index in [0.717, 1.165) is 16.5 Å². The predicted molar refractivity (Wildman–Crippen MR) is 93.5 cm³/mol. The summed E-state index contributed by atoms with van der Waals surface area (Å²) in [5.74, 6) is 1.88. The van der Waals surface area contributed by atoms with Crippen molar-refractivity contribution >= 4 is 34.9 Å². The maximum Gasteiger partial charge on any atom is 0.205 e. The van der Waals surface area contributed by atoms with E-state index >= 15 is 0 Å². The van der Waals surface area contributed by atoms with Gasteiger partial charge < -0.3 is 4.42 Å². The molecular weight excluding hydrogens is 366 g/mol. The lowest BCUT2D eigenvalue weighted by molar-refractivity contribution is 0.575. The normalized spacial score (nSPS) is 11.0. The number of hydrogen-bond donors (Lipinski definition) is 0. The minimum Gasteiger partial charge on any atom is -0.461 e. The monoisotopic (exact) mass is 375 g/mol. The van der Waals surface area contributed by atoms with Crippen LogP contribution in [0.3, 0.4) is 0 Å². The molecule has 3 heterocycles. The van der Waals surface area contributed by atoms with Gasteiger partial charge in [0.25, 0.3) is 0 Å². The van der Waals surface area contributed by atoms with Crippen LogP contribution in [0.5, 0.6) is 0 Å². The molecule has 4 aromatic rings. The Morgan fingerprint density at radius 3 is 2.67 bits per heavy atom. The smallest absolute Gasteiger partial charge is 0.205 e. The lowest BCUT2D eigenvalue weighted by Crippen LogP contribution is -1.99. The molecule has 0 aliphatic carbocycles. The second-order valence-corrected chi connectivity index (χ2v) is 7.04. The van der Waals surface area contributed by atoms with Crippen molar-refractivity contribution in [2.75, 3.05) is 0 Å². The summed E-state index contributed by atoms with van der Waals surface area (Å²) in [7, 11) is 0. The Bertz CT molecular complexity index is 936. The summed E-state index contributed by atoms with van der Waals surface area (Å²) >= 11 is 8.75. The summed E-state index contributed by atoms with van der Waals surface area (Å²) in [4.78, 5) is 0. The summed E-state index contributed by atoms with van der Waals surface area (Å²) in [6.45, 7) is 0. The molecule has 0 aliphatic heterocycles. The zero-order valence-corrected chi connectivity index (χ0v) is 14.6. The van der Waals surface area contributed by atoms with Gasteiger partial charge >= 0.3 is 0 Å². The highest BCUT2D eigenvalue weighted by Gasteiger charge is 2.18. The molecule has 1 aromatic carbocycles. The van der Waals surface area contributed by atoms with Crippen LogP contribution in [-0.2, 0) is 5.75 Å². The number of thioether (sulfide) groups is 1. The Morgan fingerprint density at radius 2 is 1.96 bits per heavy atom. The third kappa shape index (κ3) is 2.95. The van der Waals surface area contributed by atoms with Crippen molar-refractivity contribution in [2.24, 2.45) is 0 Å². The number of hydrogen-bond acceptors (Lipinski definition) is 7. The number of rotatable bonds is 5. The van der Waals surface area contributed by atoms with Gasteiger partial charge in [-0.25, -0.2) is 0 Å². The molecule has 0 N–H and O–H groups in total. The standard InChI is InChI=1S/C15H10ClN5OS2/c16-13-11(17-20-24-13)9-23-15-19-18-14(12-7-4-8-22-12)21(15)10-5-2-1-3-6-10/h1-8H,9H2. The van der Waals surface area contributed by atoms with Crippen LogP contribution in [0.25, 0.3) is 17.3 Å². The summed E-state index contributed by atoms with van der Waals surface area (Å²) in [6.07, 6.45) is 1.62. The molecule has 0 amide bonds. The molecular formula is C15H10ClN5OS2. The molecule has 9 heteroatoms. The molecule has 120 valence electrons. The Hall–Kier alpha value is -2.16. The van der Waals surface area contributed by atoms with E-state index in [1.807, 2.05) is 47.0 Å². The largest absolute Gasteiger partial charge is 0.461 e. The highest BCUT2D eigenvalue weighted by atomic mass is 35.5. The van der Waals surface area contributed by atoms with E-state index in [1.54, 1.807) is 6.26 Å². The van der Waals surface area contributed by atoms with Crippen LogP contribution in [0, 0.1) is 0 Å². The van der Waals surface area contributed by atoms with Crippen LogP contribution in [0.4, 0.5) is 0 Å². The van der Waals surface area contributed by atoms with E-state index < -0.39 is 0 Å². The van der Waals surface area contributed by atoms with Crippen molar-refractivity contribution in [1.29, 1.82) is 0 Å². The molecule has 6 nitrogen and oxygen atoms in total. The molecule has 3 aromatic heterocycles. The number of aromatic nitrogens is 5. The maximum atomic E-state index is 6.07. The molecule has 0 unspecified atom stereocenters. The molecule has 0 bridgehead atoms. The van der Waals surface area contributed by atoms with Crippen LogP contribution in [0.15, 0.2) is 58.3 Å². The van der Waals surface area contributed by atoms with Gasteiger partial charge in [0.15, 0.2) is 10.9 Å². The van der Waals surface area contributed by atoms with Crippen molar-refractivity contribution in [2.45, 2.75) is 10.9 Å². The first-order chi connectivity index (χ1) is 11.8. The van der Waals surface area contributed by atoms with Crippen LogP contribution in [0.1, 0.15) is 5.69 Å². The summed E-state index contributed by atoms with van der Waals surface area (Å²) in [5.41, 5.74) is 1.70. The number of nitrogens with zero attached hydrogens (tertiary/aromatic N) is 5. The molecule has 0 spiro atoms. The van der Waals surface area contributed by atoms with Crippen LogP contribution in [0.2, 0.25) is 4.34 Å². The highest BCUT2D eigenvalue weighted by molar-refractivity contribution is 7.98. The van der Waals surface area contributed by atoms with Crippen LogP contribution < -0.4 is 0 Å². The lowest BCUT2D eigenvalue weighted by Gasteiger charge is -2.08. The fourth-order valence-corrected chi connectivity index (χ4v) is 3.84. The van der Waals surface area contributed by atoms with E-state index in [1.165, 1.54) is 23.3 Å². The van der Waals surface area contributed by atoms with E-state index in [9.17, 15) is 0 Å². The van der Waals surface area contributed by atoms with E-state index in [0.29, 0.717) is 21.7 Å². The van der Waals surface area contributed by atoms with Gasteiger partial charge in [0.2, 0.25) is 5.82 Å². The van der Waals surface area contributed by atoms with Gasteiger partial charge in [-0.05, 0) is 24.3 Å². The Kier molecular flexibility index (Phi) is 4.33. The summed E-state index contributed by atoms with van der Waals surface area (Å²) in [5, 5.41) is 13.4. The van der Waals surface area contributed by atoms with Crippen molar-refractivity contribution in [3.05, 3.63) is 58.8 Å². The third-order valence-corrected chi connectivity index (χ3v) is 5.16. The molecule has 0 saturated heterocycles. The van der Waals surface area contributed by atoms with Crippen LogP contribution in [-0.4, -0.2) is 24.4 Å². The molecule has 4 rings (SSSR count). The second kappa shape index (κ2) is 6.76. The van der Waals surface area contributed by atoms with Gasteiger partial charge in [0.05, 0.1) is 6.26 Å². The third-order valence-electron chi connectivity index (χ3n) is 3.24. The molecule has 0 radical (unpaired) electrons. The average Bonchev–Trinajstić information content (AvgIpc) is 3.34. The minimum atomic E-state index is 0.568. The van der Waals surface area contributed by atoms with Gasteiger partial charge in [-0.15, -0.1) is 15.3 Å². The van der Waals surface area contributed by atoms with Crippen molar-refractivity contribution in [3.8, 4) is 17.3 Å². The van der Waals surface area contributed by atoms with Crippen molar-refractivity contribution in [3.63, 3.8) is 0 Å². The predicted octanol–water partition coefficient (Wildman–Crippen LogP) is 4.32. The Balaban J connectivity index is 1.73. The Labute approximate surface area is 150 Å². The first-order valence-electron chi connectivity index (χ1n) is 6.97. The highest BCUT2D eigenvalue weighted by Crippen LogP contribution is 2.31. The SMILES string of the molecule is Clc1snnc1CSc1nnc(-c2ccco2)n1-c1ccccc1. The number of furan rings is 1. The van der Waals surface area contributed by atoms with E-state index in [4.69, 9.17) is 16.0 Å². The minimum absolute atomic E-state index is 0.568. The Morgan fingerprint density at radius 1 is 1.08 bits per heavy atom. The average molecular weight is 376 g/mol. The van der Waals surface area contributed by atoms with Gasteiger partial charge in [0.1, 0.15) is 10.0 Å². The topological polar surface area (TPSA) is 69.6 Å². The molecule has 0 atom stereocenters. The van der Waals surface area contributed by atoms with Gasteiger partial charge in [-0.3, -0.25) is 4.57 Å². The summed E-state index contributed by atoms with van der Waals surface area (Å²) in [6, 6.07) is 13.6. The lowest BCUT2D eigenvalue weighted by atomic mass is 10.3. The zero-order chi connectivity index (χ0) is 16.4. The van der Waals surface area contributed by atoms with Gasteiger partial charge in [-0.1, -0.05) is 46.1 Å². The van der Waals surface area contributed by atoms with E-state index in [-0.39, 0.29) is 0 Å². The van der Waals surface area contributed by atoms with Crippen LogP contribution >= 0.6 is 34.9 Å². The zero-order valence-electron chi connectivity index (χ0n) is 12.2. The van der Waals surface area contributed by atoms with Gasteiger partial charge in [-0.2, -0.15) is 0 Å². The number of halogens is 1. The van der Waals surface area contributed by atoms with Crippen molar-refractivity contribution in [1.82, 2.24) is 24.4 Å². The summed E-state index contributed by atoms with van der Waals surface area (Å²) < 4.78 is 11.9. The first-order valence-corrected chi connectivity index (χ1v) is 9.11. The molecule has 0 saturated carbocycles. The fraction of sp³-hybridized carbons (Fsp3) is 0.0667. The fourth-order valence-electron chi connectivity index (χ4n) is 2.15. The molecule has 0 aliphatic rings. The number of para-hydroxylation sites is 1.